The minimum Gasteiger partial charge on any atom is -0.497 e. The van der Waals surface area contributed by atoms with Gasteiger partial charge in [0.1, 0.15) is 5.75 Å². The Bertz CT molecular complexity index is 1320. The van der Waals surface area contributed by atoms with Crippen molar-refractivity contribution in [2.24, 2.45) is 0 Å². The molecule has 0 saturated heterocycles. The van der Waals surface area contributed by atoms with Crippen molar-refractivity contribution in [3.05, 3.63) is 75.0 Å². The molecule has 2 heterocycles. The number of benzene rings is 2. The van der Waals surface area contributed by atoms with Crippen LogP contribution < -0.4 is 10.1 Å². The molecule has 7 nitrogen and oxygen atoms in total. The fourth-order valence-electron chi connectivity index (χ4n) is 3.63. The molecule has 4 aromatic rings. The molecule has 2 aromatic heterocycles. The summed E-state index contributed by atoms with van der Waals surface area (Å²) in [5, 5.41) is 8.58. The molecule has 0 radical (unpaired) electrons. The van der Waals surface area contributed by atoms with Crippen LogP contribution in [0.5, 0.6) is 5.75 Å². The first-order valence-electron chi connectivity index (χ1n) is 10.4. The number of amides is 1. The summed E-state index contributed by atoms with van der Waals surface area (Å²) in [6.07, 6.45) is 0.890. The molecular formula is C24H23Cl2N5O2. The number of nitrogens with zero attached hydrogens (tertiary/aromatic N) is 4. The summed E-state index contributed by atoms with van der Waals surface area (Å²) < 4.78 is 6.85. The van der Waals surface area contributed by atoms with E-state index in [9.17, 15) is 4.79 Å². The molecule has 0 spiro atoms. The van der Waals surface area contributed by atoms with Crippen LogP contribution in [0.3, 0.4) is 0 Å². The number of rotatable bonds is 7. The minimum atomic E-state index is -0.0306. The van der Waals surface area contributed by atoms with Crippen molar-refractivity contribution in [2.75, 3.05) is 7.11 Å². The van der Waals surface area contributed by atoms with E-state index >= 15 is 0 Å². The van der Waals surface area contributed by atoms with Gasteiger partial charge in [-0.1, -0.05) is 35.3 Å². The molecule has 0 aliphatic rings. The van der Waals surface area contributed by atoms with Crippen LogP contribution >= 0.6 is 23.2 Å². The van der Waals surface area contributed by atoms with E-state index in [4.69, 9.17) is 27.9 Å². The first-order chi connectivity index (χ1) is 15.9. The fourth-order valence-corrected chi connectivity index (χ4v) is 4.12. The van der Waals surface area contributed by atoms with Gasteiger partial charge in [0.05, 0.1) is 12.1 Å². The first kappa shape index (κ1) is 23.0. The third-order valence-corrected chi connectivity index (χ3v) is 6.02. The minimum absolute atomic E-state index is 0.0306. The second-order valence-electron chi connectivity index (χ2n) is 7.66. The number of carbonyl (C=O) groups is 1. The lowest BCUT2D eigenvalue weighted by Crippen LogP contribution is -2.23. The lowest BCUT2D eigenvalue weighted by atomic mass is 10.1. The van der Waals surface area contributed by atoms with Gasteiger partial charge in [0.25, 0.3) is 5.78 Å². The predicted octanol–water partition coefficient (Wildman–Crippen LogP) is 4.97. The zero-order chi connectivity index (χ0) is 23.5. The monoisotopic (exact) mass is 483 g/mol. The van der Waals surface area contributed by atoms with E-state index in [0.29, 0.717) is 46.6 Å². The zero-order valence-electron chi connectivity index (χ0n) is 18.5. The molecular weight excluding hydrogens is 461 g/mol. The molecule has 9 heteroatoms. The van der Waals surface area contributed by atoms with E-state index in [1.165, 1.54) is 0 Å². The van der Waals surface area contributed by atoms with Crippen LogP contribution in [0.15, 0.2) is 42.5 Å². The first-order valence-corrected chi connectivity index (χ1v) is 11.2. The summed E-state index contributed by atoms with van der Waals surface area (Å²) in [5.41, 5.74) is 4.38. The fraction of sp³-hybridized carbons (Fsp3) is 0.250. The van der Waals surface area contributed by atoms with Gasteiger partial charge < -0.3 is 10.1 Å². The number of halogens is 2. The van der Waals surface area contributed by atoms with Crippen molar-refractivity contribution < 1.29 is 9.53 Å². The Morgan fingerprint density at radius 3 is 2.55 bits per heavy atom. The lowest BCUT2D eigenvalue weighted by Gasteiger charge is -2.11. The highest BCUT2D eigenvalue weighted by Gasteiger charge is 2.17. The Labute approximate surface area is 201 Å². The number of methoxy groups -OCH3 is 1. The Kier molecular flexibility index (Phi) is 6.81. The van der Waals surface area contributed by atoms with Crippen molar-refractivity contribution >= 4 is 34.9 Å². The molecule has 0 atom stereocenters. The van der Waals surface area contributed by atoms with Crippen LogP contribution in [-0.4, -0.2) is 32.6 Å². The van der Waals surface area contributed by atoms with Gasteiger partial charge in [0, 0.05) is 34.9 Å². The summed E-state index contributed by atoms with van der Waals surface area (Å²) in [6.45, 7) is 4.34. The highest BCUT2D eigenvalue weighted by molar-refractivity contribution is 6.36. The van der Waals surface area contributed by atoms with Gasteiger partial charge in [0.15, 0.2) is 5.82 Å². The Morgan fingerprint density at radius 2 is 1.85 bits per heavy atom. The normalized spacial score (nSPS) is 11.1. The summed E-state index contributed by atoms with van der Waals surface area (Å²) in [7, 11) is 1.62. The van der Waals surface area contributed by atoms with Crippen molar-refractivity contribution in [1.29, 1.82) is 0 Å². The van der Waals surface area contributed by atoms with Gasteiger partial charge in [-0.25, -0.2) is 9.50 Å². The molecule has 2 aromatic carbocycles. The molecule has 1 amide bonds. The Hall–Kier alpha value is -3.16. The van der Waals surface area contributed by atoms with Crippen LogP contribution in [0, 0.1) is 13.8 Å². The molecule has 0 aliphatic carbocycles. The molecule has 33 heavy (non-hydrogen) atoms. The standard InChI is InChI=1S/C24H23Cl2N5O2/c1-14-19(10-11-22(32)27-13-16-4-7-18(33-3)8-5-16)15(2)31-24(28-14)29-23(30-31)20-9-6-17(25)12-21(20)26/h4-9,12H,10-11,13H2,1-3H3,(H,27,32). The number of fused-ring (bicyclic) bond motifs is 1. The molecule has 0 aliphatic heterocycles. The van der Waals surface area contributed by atoms with Gasteiger partial charge in [-0.2, -0.15) is 4.98 Å². The van der Waals surface area contributed by atoms with E-state index in [1.807, 2.05) is 38.1 Å². The van der Waals surface area contributed by atoms with Gasteiger partial charge in [-0.05, 0) is 61.7 Å². The molecule has 0 saturated carbocycles. The highest BCUT2D eigenvalue weighted by Crippen LogP contribution is 2.29. The van der Waals surface area contributed by atoms with E-state index in [0.717, 1.165) is 28.3 Å². The maximum atomic E-state index is 12.4. The topological polar surface area (TPSA) is 81.4 Å². The number of carbonyl (C=O) groups excluding carboxylic acids is 1. The number of aryl methyl sites for hydroxylation is 2. The average Bonchev–Trinajstić information content (AvgIpc) is 3.21. The second-order valence-corrected chi connectivity index (χ2v) is 8.50. The molecule has 0 bridgehead atoms. The van der Waals surface area contributed by atoms with Crippen molar-refractivity contribution in [2.45, 2.75) is 33.2 Å². The quantitative estimate of drug-likeness (QED) is 0.401. The Morgan fingerprint density at radius 1 is 1.09 bits per heavy atom. The van der Waals surface area contributed by atoms with Crippen molar-refractivity contribution in [3.63, 3.8) is 0 Å². The number of aromatic nitrogens is 4. The van der Waals surface area contributed by atoms with Crippen LogP contribution in [-0.2, 0) is 17.8 Å². The van der Waals surface area contributed by atoms with Crippen LogP contribution in [0.2, 0.25) is 10.0 Å². The van der Waals surface area contributed by atoms with E-state index in [1.54, 1.807) is 29.8 Å². The molecule has 0 unspecified atom stereocenters. The number of hydrogen-bond donors (Lipinski definition) is 1. The summed E-state index contributed by atoms with van der Waals surface area (Å²) in [4.78, 5) is 21.6. The summed E-state index contributed by atoms with van der Waals surface area (Å²) in [5.74, 6) is 1.71. The summed E-state index contributed by atoms with van der Waals surface area (Å²) >= 11 is 12.3. The third-order valence-electron chi connectivity index (χ3n) is 5.47. The maximum absolute atomic E-state index is 12.4. The molecule has 170 valence electrons. The summed E-state index contributed by atoms with van der Waals surface area (Å²) in [6, 6.07) is 12.8. The SMILES string of the molecule is COc1ccc(CNC(=O)CCc2c(C)nc3nc(-c4ccc(Cl)cc4Cl)nn3c2C)cc1. The predicted molar refractivity (Wildman–Crippen MR) is 129 cm³/mol. The maximum Gasteiger partial charge on any atom is 0.253 e. The molecule has 1 N–H and O–H groups in total. The lowest BCUT2D eigenvalue weighted by molar-refractivity contribution is -0.121. The molecule has 0 fully saturated rings. The largest absolute Gasteiger partial charge is 0.497 e. The van der Waals surface area contributed by atoms with E-state index in [-0.39, 0.29) is 5.91 Å². The highest BCUT2D eigenvalue weighted by atomic mass is 35.5. The Balaban J connectivity index is 1.47. The number of nitrogens with one attached hydrogen (secondary N) is 1. The van der Waals surface area contributed by atoms with Gasteiger partial charge in [-0.3, -0.25) is 4.79 Å². The third kappa shape index (κ3) is 5.10. The number of ether oxygens (including phenoxy) is 1. The van der Waals surface area contributed by atoms with Crippen LogP contribution in [0.1, 0.15) is 28.9 Å². The van der Waals surface area contributed by atoms with Gasteiger partial charge in [-0.15, -0.1) is 5.10 Å². The van der Waals surface area contributed by atoms with Gasteiger partial charge in [0.2, 0.25) is 5.91 Å². The molecule has 4 rings (SSSR count). The zero-order valence-corrected chi connectivity index (χ0v) is 20.0. The van der Waals surface area contributed by atoms with Crippen LogP contribution in [0.25, 0.3) is 17.2 Å². The number of hydrogen-bond acceptors (Lipinski definition) is 5. The second kappa shape index (κ2) is 9.77. The van der Waals surface area contributed by atoms with E-state index in [2.05, 4.69) is 20.4 Å². The van der Waals surface area contributed by atoms with E-state index < -0.39 is 0 Å². The van der Waals surface area contributed by atoms with Gasteiger partial charge >= 0.3 is 0 Å². The average molecular weight is 484 g/mol. The van der Waals surface area contributed by atoms with Crippen molar-refractivity contribution in [3.8, 4) is 17.1 Å². The van der Waals surface area contributed by atoms with Crippen LogP contribution in [0.4, 0.5) is 0 Å². The smallest absolute Gasteiger partial charge is 0.253 e. The van der Waals surface area contributed by atoms with Crippen molar-refractivity contribution in [1.82, 2.24) is 24.9 Å².